The van der Waals surface area contributed by atoms with Gasteiger partial charge in [0.05, 0.1) is 0 Å². The van der Waals surface area contributed by atoms with Crippen LogP contribution in [0.25, 0.3) is 0 Å². The molecule has 1 saturated heterocycles. The Kier molecular flexibility index (Phi) is 15.4. The summed E-state index contributed by atoms with van der Waals surface area (Å²) in [6, 6.07) is 0. The quantitative estimate of drug-likeness (QED) is 0.452. The zero-order valence-corrected chi connectivity index (χ0v) is 14.7. The highest BCUT2D eigenvalue weighted by Crippen LogP contribution is 2.16. The number of nitrogens with zero attached hydrogens (tertiary/aromatic N) is 2. The first-order chi connectivity index (χ1) is 10.3. The van der Waals surface area contributed by atoms with Crippen LogP contribution in [0.15, 0.2) is 0 Å². The molecule has 21 heavy (non-hydrogen) atoms. The molecule has 0 N–H and O–H groups in total. The highest BCUT2D eigenvalue weighted by atomic mass is 15.1. The molecule has 0 bridgehead atoms. The molecule has 0 aromatic carbocycles. The first kappa shape index (κ1) is 20.5. The molecule has 1 unspecified atom stereocenters. The monoisotopic (exact) mass is 294 g/mol. The Bertz CT molecular complexity index is 225. The average Bonchev–Trinajstić information content (AvgIpc) is 2.51. The van der Waals surface area contributed by atoms with E-state index in [1.54, 1.807) is 0 Å². The SMILES string of the molecule is C#N.CCCCCCCCCCCCN1CCCC(C)C1. The summed E-state index contributed by atoms with van der Waals surface area (Å²) in [5.41, 5.74) is 0. The van der Waals surface area contributed by atoms with Crippen molar-refractivity contribution < 1.29 is 0 Å². The number of likely N-dealkylation sites (tertiary alicyclic amines) is 1. The van der Waals surface area contributed by atoms with Crippen LogP contribution in [-0.2, 0) is 0 Å². The van der Waals surface area contributed by atoms with Gasteiger partial charge in [0, 0.05) is 13.1 Å². The minimum Gasteiger partial charge on any atom is -0.303 e. The fourth-order valence-corrected chi connectivity index (χ4v) is 3.31. The van der Waals surface area contributed by atoms with Crippen molar-refractivity contribution in [3.05, 3.63) is 0 Å². The van der Waals surface area contributed by atoms with Crippen LogP contribution in [0, 0.1) is 17.8 Å². The third-order valence-corrected chi connectivity index (χ3v) is 4.57. The van der Waals surface area contributed by atoms with E-state index >= 15 is 0 Å². The number of rotatable bonds is 11. The van der Waals surface area contributed by atoms with E-state index in [0.29, 0.717) is 0 Å². The first-order valence-corrected chi connectivity index (χ1v) is 9.31. The van der Waals surface area contributed by atoms with Crippen molar-refractivity contribution in [2.45, 2.75) is 90.9 Å². The lowest BCUT2D eigenvalue weighted by atomic mass is 10.00. The maximum atomic E-state index is 6.50. The summed E-state index contributed by atoms with van der Waals surface area (Å²) in [4.78, 5) is 2.69. The van der Waals surface area contributed by atoms with Crippen LogP contribution >= 0.6 is 0 Å². The maximum Gasteiger partial charge on any atom is 0.0462 e. The summed E-state index contributed by atoms with van der Waals surface area (Å²) < 4.78 is 0. The van der Waals surface area contributed by atoms with E-state index in [-0.39, 0.29) is 0 Å². The topological polar surface area (TPSA) is 27.0 Å². The highest BCUT2D eigenvalue weighted by Gasteiger charge is 2.14. The average molecular weight is 295 g/mol. The predicted molar refractivity (Wildman–Crippen MR) is 93.4 cm³/mol. The second kappa shape index (κ2) is 15.8. The number of hydrogen-bond acceptors (Lipinski definition) is 2. The summed E-state index contributed by atoms with van der Waals surface area (Å²) >= 11 is 0. The van der Waals surface area contributed by atoms with Gasteiger partial charge < -0.3 is 4.90 Å². The summed E-state index contributed by atoms with van der Waals surface area (Å²) in [5, 5.41) is 6.50. The van der Waals surface area contributed by atoms with Crippen molar-refractivity contribution in [3.63, 3.8) is 0 Å². The van der Waals surface area contributed by atoms with Crippen molar-refractivity contribution in [1.29, 1.82) is 5.26 Å². The Labute approximate surface area is 133 Å². The molecule has 0 aliphatic carbocycles. The summed E-state index contributed by atoms with van der Waals surface area (Å²) in [7, 11) is 0. The Balaban J connectivity index is 0.00000191. The van der Waals surface area contributed by atoms with E-state index in [0.717, 1.165) is 5.92 Å². The maximum absolute atomic E-state index is 6.50. The molecule has 0 aromatic rings. The third kappa shape index (κ3) is 12.9. The molecule has 0 saturated carbocycles. The number of hydrogen-bond donors (Lipinski definition) is 0. The summed E-state index contributed by atoms with van der Waals surface area (Å²) in [6.45, 7) is 12.3. The molecule has 1 aliphatic rings. The lowest BCUT2D eigenvalue weighted by molar-refractivity contribution is 0.180. The van der Waals surface area contributed by atoms with Gasteiger partial charge in [0.15, 0.2) is 0 Å². The van der Waals surface area contributed by atoms with E-state index in [2.05, 4.69) is 25.3 Å². The van der Waals surface area contributed by atoms with Gasteiger partial charge in [-0.05, 0) is 38.3 Å². The van der Waals surface area contributed by atoms with Crippen molar-refractivity contribution in [2.24, 2.45) is 5.92 Å². The number of unbranched alkanes of at least 4 members (excludes halogenated alkanes) is 9. The molecule has 1 heterocycles. The fourth-order valence-electron chi connectivity index (χ4n) is 3.31. The second-order valence-corrected chi connectivity index (χ2v) is 6.73. The van der Waals surface area contributed by atoms with Gasteiger partial charge in [-0.15, -0.1) is 0 Å². The van der Waals surface area contributed by atoms with E-state index in [4.69, 9.17) is 5.26 Å². The molecule has 0 radical (unpaired) electrons. The van der Waals surface area contributed by atoms with E-state index < -0.39 is 0 Å². The molecule has 1 aliphatic heterocycles. The Morgan fingerprint density at radius 3 is 1.95 bits per heavy atom. The van der Waals surface area contributed by atoms with Crippen molar-refractivity contribution in [2.75, 3.05) is 19.6 Å². The molecule has 0 amide bonds. The van der Waals surface area contributed by atoms with Crippen LogP contribution in [0.1, 0.15) is 90.9 Å². The standard InChI is InChI=1S/C18H37N.CHN/c1-3-4-5-6-7-8-9-10-11-12-15-19-16-13-14-18(2)17-19;1-2/h18H,3-17H2,1-2H3;1H. The summed E-state index contributed by atoms with van der Waals surface area (Å²) in [6.07, 6.45) is 17.4. The van der Waals surface area contributed by atoms with Crippen molar-refractivity contribution in [1.82, 2.24) is 4.90 Å². The van der Waals surface area contributed by atoms with E-state index in [1.165, 1.54) is 96.7 Å². The Morgan fingerprint density at radius 1 is 0.905 bits per heavy atom. The fraction of sp³-hybridized carbons (Fsp3) is 0.947. The molecule has 0 aromatic heterocycles. The minimum absolute atomic E-state index is 0.942. The normalized spacial score (nSPS) is 19.0. The minimum atomic E-state index is 0.942. The molecule has 2 nitrogen and oxygen atoms in total. The van der Waals surface area contributed by atoms with Crippen LogP contribution in [0.3, 0.4) is 0 Å². The van der Waals surface area contributed by atoms with Gasteiger partial charge in [-0.2, -0.15) is 0 Å². The molecule has 1 atom stereocenters. The van der Waals surface area contributed by atoms with Gasteiger partial charge in [-0.25, -0.2) is 5.26 Å². The van der Waals surface area contributed by atoms with Crippen LogP contribution in [0.4, 0.5) is 0 Å². The number of piperidine rings is 1. The lowest BCUT2D eigenvalue weighted by Crippen LogP contribution is -2.34. The molecule has 0 spiro atoms. The lowest BCUT2D eigenvalue weighted by Gasteiger charge is -2.30. The van der Waals surface area contributed by atoms with Crippen molar-refractivity contribution in [3.8, 4) is 6.57 Å². The molecule has 1 rings (SSSR count). The molecular formula is C19H38N2. The van der Waals surface area contributed by atoms with Gasteiger partial charge in [-0.3, -0.25) is 0 Å². The second-order valence-electron chi connectivity index (χ2n) is 6.73. The van der Waals surface area contributed by atoms with Crippen LogP contribution in [0.2, 0.25) is 0 Å². The predicted octanol–water partition coefficient (Wildman–Crippen LogP) is 5.78. The zero-order chi connectivity index (χ0) is 15.8. The summed E-state index contributed by atoms with van der Waals surface area (Å²) in [5.74, 6) is 0.942. The van der Waals surface area contributed by atoms with Gasteiger partial charge in [0.1, 0.15) is 0 Å². The van der Waals surface area contributed by atoms with Gasteiger partial charge in [-0.1, -0.05) is 71.6 Å². The molecule has 124 valence electrons. The zero-order valence-electron chi connectivity index (χ0n) is 14.7. The van der Waals surface area contributed by atoms with Crippen LogP contribution in [-0.4, -0.2) is 24.5 Å². The van der Waals surface area contributed by atoms with Gasteiger partial charge in [0.25, 0.3) is 0 Å². The van der Waals surface area contributed by atoms with E-state index in [9.17, 15) is 0 Å². The van der Waals surface area contributed by atoms with Crippen LogP contribution < -0.4 is 0 Å². The number of nitriles is 1. The van der Waals surface area contributed by atoms with E-state index in [1.807, 2.05) is 0 Å². The first-order valence-electron chi connectivity index (χ1n) is 9.31. The largest absolute Gasteiger partial charge is 0.303 e. The third-order valence-electron chi connectivity index (χ3n) is 4.57. The smallest absolute Gasteiger partial charge is 0.0462 e. The highest BCUT2D eigenvalue weighted by molar-refractivity contribution is 4.69. The Morgan fingerprint density at radius 2 is 1.43 bits per heavy atom. The molecule has 2 heteroatoms. The van der Waals surface area contributed by atoms with Gasteiger partial charge in [0.2, 0.25) is 0 Å². The van der Waals surface area contributed by atoms with Gasteiger partial charge >= 0.3 is 0 Å². The Hall–Kier alpha value is -0.550. The molecular weight excluding hydrogens is 256 g/mol. The molecule has 1 fully saturated rings. The van der Waals surface area contributed by atoms with Crippen LogP contribution in [0.5, 0.6) is 0 Å². The van der Waals surface area contributed by atoms with Crippen molar-refractivity contribution >= 4 is 0 Å².